The Balaban J connectivity index is 1.66. The molecule has 0 radical (unpaired) electrons. The highest BCUT2D eigenvalue weighted by molar-refractivity contribution is 7.92. The third kappa shape index (κ3) is 5.76. The molecule has 0 saturated carbocycles. The Kier molecular flexibility index (Phi) is 6.78. The van der Waals surface area contributed by atoms with Crippen LogP contribution < -0.4 is 14.4 Å². The van der Waals surface area contributed by atoms with E-state index in [0.717, 1.165) is 39.6 Å². The van der Waals surface area contributed by atoms with Crippen LogP contribution in [0.3, 0.4) is 0 Å². The lowest BCUT2D eigenvalue weighted by atomic mass is 9.89. The number of sulfonamides is 1. The molecular weight excluding hydrogens is 438 g/mol. The summed E-state index contributed by atoms with van der Waals surface area (Å²) < 4.78 is 58.1. The van der Waals surface area contributed by atoms with Crippen molar-refractivity contribution in [2.75, 3.05) is 17.1 Å². The number of amides is 1. The topological polar surface area (TPSA) is 75.7 Å². The Labute approximate surface area is 187 Å². The number of ether oxygens (including phenoxy) is 1. The third-order valence-corrected chi connectivity index (χ3v) is 6.51. The molecular formula is C23H28F2N2O4S. The molecule has 3 rings (SSSR count). The van der Waals surface area contributed by atoms with Crippen LogP contribution in [0.15, 0.2) is 36.4 Å². The number of carbonyl (C=O) groups excluding carboxylic acids is 1. The summed E-state index contributed by atoms with van der Waals surface area (Å²) in [6, 6.07) is 8.53. The maximum absolute atomic E-state index is 13.6. The predicted molar refractivity (Wildman–Crippen MR) is 119 cm³/mol. The molecule has 2 aromatic carbocycles. The number of nitrogens with zero attached hydrogens (tertiary/aromatic N) is 1. The number of rotatable bonds is 7. The van der Waals surface area contributed by atoms with Gasteiger partial charge in [-0.1, -0.05) is 17.7 Å². The molecule has 32 heavy (non-hydrogen) atoms. The molecule has 6 nitrogen and oxygen atoms in total. The molecule has 1 N–H and O–H groups in total. The maximum Gasteiger partial charge on any atom is 0.232 e. The van der Waals surface area contributed by atoms with E-state index in [0.29, 0.717) is 6.42 Å². The molecule has 0 saturated heterocycles. The molecule has 1 aliphatic heterocycles. The van der Waals surface area contributed by atoms with Crippen molar-refractivity contribution in [2.24, 2.45) is 0 Å². The van der Waals surface area contributed by atoms with Gasteiger partial charge in [0.25, 0.3) is 0 Å². The van der Waals surface area contributed by atoms with E-state index in [2.05, 4.69) is 5.32 Å². The van der Waals surface area contributed by atoms with Crippen LogP contribution in [0.2, 0.25) is 0 Å². The number of carbonyl (C=O) groups is 1. The number of hydrogen-bond acceptors (Lipinski definition) is 4. The average Bonchev–Trinajstić information content (AvgIpc) is 2.66. The molecule has 0 unspecified atom stereocenters. The minimum absolute atomic E-state index is 0.0161. The monoisotopic (exact) mass is 466 g/mol. The molecule has 1 heterocycles. The van der Waals surface area contributed by atoms with Gasteiger partial charge in [0.2, 0.25) is 15.9 Å². The fraction of sp³-hybridized carbons (Fsp3) is 0.435. The Morgan fingerprint density at radius 2 is 1.91 bits per heavy atom. The van der Waals surface area contributed by atoms with Crippen molar-refractivity contribution < 1.29 is 26.7 Å². The van der Waals surface area contributed by atoms with Gasteiger partial charge in [0.05, 0.1) is 18.0 Å². The lowest BCUT2D eigenvalue weighted by Crippen LogP contribution is -2.41. The van der Waals surface area contributed by atoms with Crippen LogP contribution >= 0.6 is 0 Å². The SMILES string of the molecule is Cc1ccc2c(c1)[C@@H](NC(=O)CCCN(c1ccc(F)c(F)c1)S(C)(=O)=O)CC(C)(C)O2. The van der Waals surface area contributed by atoms with E-state index in [-0.39, 0.29) is 37.0 Å². The van der Waals surface area contributed by atoms with E-state index in [1.807, 2.05) is 39.0 Å². The molecule has 1 atom stereocenters. The molecule has 1 aliphatic rings. The van der Waals surface area contributed by atoms with E-state index in [4.69, 9.17) is 4.74 Å². The lowest BCUT2D eigenvalue weighted by molar-refractivity contribution is -0.122. The summed E-state index contributed by atoms with van der Waals surface area (Å²) in [5.74, 6) is -1.68. The zero-order valence-corrected chi connectivity index (χ0v) is 19.4. The minimum Gasteiger partial charge on any atom is -0.487 e. The highest BCUT2D eigenvalue weighted by Crippen LogP contribution is 2.39. The zero-order valence-electron chi connectivity index (χ0n) is 18.6. The summed E-state index contributed by atoms with van der Waals surface area (Å²) in [6.45, 7) is 5.85. The fourth-order valence-electron chi connectivity index (χ4n) is 3.88. The number of anilines is 1. The van der Waals surface area contributed by atoms with E-state index in [1.54, 1.807) is 0 Å². The standard InChI is InChI=1S/C23H28F2N2O4S/c1-15-7-10-21-17(12-15)20(14-23(2,3)31-21)26-22(28)6-5-11-27(32(4,29)30)16-8-9-18(24)19(25)13-16/h7-10,12-13,20H,5-6,11,14H2,1-4H3,(H,26,28)/t20-/m0/s1. The van der Waals surface area contributed by atoms with Crippen molar-refractivity contribution in [2.45, 2.75) is 51.7 Å². The number of hydrogen-bond donors (Lipinski definition) is 1. The van der Waals surface area contributed by atoms with Gasteiger partial charge in [-0.25, -0.2) is 17.2 Å². The van der Waals surface area contributed by atoms with E-state index < -0.39 is 27.3 Å². The van der Waals surface area contributed by atoms with Crippen LogP contribution in [-0.4, -0.2) is 32.7 Å². The second kappa shape index (κ2) is 9.05. The predicted octanol–water partition coefficient (Wildman–Crippen LogP) is 4.24. The van der Waals surface area contributed by atoms with Crippen molar-refractivity contribution >= 4 is 21.6 Å². The van der Waals surface area contributed by atoms with Crippen LogP contribution in [0.4, 0.5) is 14.5 Å². The largest absolute Gasteiger partial charge is 0.487 e. The van der Waals surface area contributed by atoms with Crippen LogP contribution in [0.25, 0.3) is 0 Å². The third-order valence-electron chi connectivity index (χ3n) is 5.31. The lowest BCUT2D eigenvalue weighted by Gasteiger charge is -2.38. The normalized spacial score (nSPS) is 17.2. The number of aryl methyl sites for hydroxylation is 1. The summed E-state index contributed by atoms with van der Waals surface area (Å²) in [6.07, 6.45) is 1.87. The summed E-state index contributed by atoms with van der Waals surface area (Å²) in [5.41, 5.74) is 1.54. The minimum atomic E-state index is -3.74. The summed E-state index contributed by atoms with van der Waals surface area (Å²) in [4.78, 5) is 12.7. The number of nitrogens with one attached hydrogen (secondary N) is 1. The van der Waals surface area contributed by atoms with Crippen LogP contribution in [0.1, 0.15) is 50.3 Å². The number of halogens is 2. The zero-order chi connectivity index (χ0) is 23.7. The average molecular weight is 467 g/mol. The first-order chi connectivity index (χ1) is 14.9. The van der Waals surface area contributed by atoms with Gasteiger partial charge < -0.3 is 10.1 Å². The summed E-state index contributed by atoms with van der Waals surface area (Å²) in [7, 11) is -3.74. The first-order valence-corrected chi connectivity index (χ1v) is 12.2. The maximum atomic E-state index is 13.6. The first-order valence-electron chi connectivity index (χ1n) is 10.4. The van der Waals surface area contributed by atoms with Crippen molar-refractivity contribution in [3.8, 4) is 5.75 Å². The van der Waals surface area contributed by atoms with Gasteiger partial charge in [-0.3, -0.25) is 9.10 Å². The molecule has 0 spiro atoms. The van der Waals surface area contributed by atoms with Gasteiger partial charge in [-0.15, -0.1) is 0 Å². The molecule has 2 aromatic rings. The quantitative estimate of drug-likeness (QED) is 0.662. The number of benzene rings is 2. The van der Waals surface area contributed by atoms with Crippen LogP contribution in [0.5, 0.6) is 5.75 Å². The number of fused-ring (bicyclic) bond motifs is 1. The highest BCUT2D eigenvalue weighted by atomic mass is 32.2. The molecule has 174 valence electrons. The second-order valence-electron chi connectivity index (χ2n) is 8.76. The highest BCUT2D eigenvalue weighted by Gasteiger charge is 2.34. The molecule has 9 heteroatoms. The molecule has 0 aromatic heterocycles. The van der Waals surface area contributed by atoms with Gasteiger partial charge in [0.1, 0.15) is 11.4 Å². The summed E-state index contributed by atoms with van der Waals surface area (Å²) in [5, 5.41) is 3.03. The smallest absolute Gasteiger partial charge is 0.232 e. The van der Waals surface area contributed by atoms with Gasteiger partial charge in [0, 0.05) is 31.0 Å². The van der Waals surface area contributed by atoms with Gasteiger partial charge in [-0.2, -0.15) is 0 Å². The van der Waals surface area contributed by atoms with Crippen LogP contribution in [0, 0.1) is 18.6 Å². The van der Waals surface area contributed by atoms with Crippen molar-refractivity contribution in [1.82, 2.24) is 5.32 Å². The fourth-order valence-corrected chi connectivity index (χ4v) is 4.84. The Bertz CT molecular complexity index is 1120. The van der Waals surface area contributed by atoms with E-state index in [9.17, 15) is 22.0 Å². The Hall–Kier alpha value is -2.68. The van der Waals surface area contributed by atoms with Gasteiger partial charge in [0.15, 0.2) is 11.6 Å². The van der Waals surface area contributed by atoms with E-state index >= 15 is 0 Å². The van der Waals surface area contributed by atoms with Gasteiger partial charge >= 0.3 is 0 Å². The van der Waals surface area contributed by atoms with E-state index in [1.165, 1.54) is 6.07 Å². The molecule has 1 amide bonds. The van der Waals surface area contributed by atoms with Crippen molar-refractivity contribution in [1.29, 1.82) is 0 Å². The van der Waals surface area contributed by atoms with Crippen LogP contribution in [-0.2, 0) is 14.8 Å². The summed E-state index contributed by atoms with van der Waals surface area (Å²) >= 11 is 0. The van der Waals surface area contributed by atoms with Crippen molar-refractivity contribution in [3.05, 3.63) is 59.2 Å². The Morgan fingerprint density at radius 1 is 1.19 bits per heavy atom. The van der Waals surface area contributed by atoms with Crippen molar-refractivity contribution in [3.63, 3.8) is 0 Å². The second-order valence-corrected chi connectivity index (χ2v) is 10.7. The molecule has 0 aliphatic carbocycles. The first kappa shape index (κ1) is 24.0. The Morgan fingerprint density at radius 3 is 2.56 bits per heavy atom. The molecule has 0 fully saturated rings. The molecule has 0 bridgehead atoms. The van der Waals surface area contributed by atoms with Gasteiger partial charge in [-0.05, 0) is 45.4 Å².